The first-order chi connectivity index (χ1) is 6.09. The number of hydrogen-bond acceptors (Lipinski definition) is 3. The molecule has 0 radical (unpaired) electrons. The monoisotopic (exact) mass is 234 g/mol. The fourth-order valence-corrected chi connectivity index (χ4v) is 1.77. The molecule has 0 unspecified atom stereocenters. The van der Waals surface area contributed by atoms with Gasteiger partial charge in [-0.1, -0.05) is 11.6 Å². The second kappa shape index (κ2) is 2.94. The second-order valence-corrected chi connectivity index (χ2v) is 3.55. The van der Waals surface area contributed by atoms with Crippen LogP contribution in [0.25, 0.3) is 11.2 Å². The van der Waals surface area contributed by atoms with Crippen LogP contribution in [0.4, 0.5) is 0 Å². The van der Waals surface area contributed by atoms with Gasteiger partial charge in [0.15, 0.2) is 15.6 Å². The summed E-state index contributed by atoms with van der Waals surface area (Å²) in [5.74, 6) is 0. The third-order valence-electron chi connectivity index (χ3n) is 1.68. The molecule has 0 saturated carbocycles. The van der Waals surface area contributed by atoms with Crippen molar-refractivity contribution in [3.8, 4) is 0 Å². The van der Waals surface area contributed by atoms with E-state index in [2.05, 4.69) is 15.0 Å². The predicted octanol–water partition coefficient (Wildman–Crippen LogP) is 2.33. The van der Waals surface area contributed by atoms with Crippen molar-refractivity contribution >= 4 is 46.6 Å². The highest BCUT2D eigenvalue weighted by Crippen LogP contribution is 2.20. The normalized spacial score (nSPS) is 11.0. The average Bonchev–Trinajstić information content (AvgIpc) is 2.27. The van der Waals surface area contributed by atoms with E-state index >= 15 is 0 Å². The Hall–Kier alpha value is -0.650. The molecular formula is C6H4Cl2N4S. The molecular weight excluding hydrogens is 231 g/mol. The fraction of sp³-hybridized carbons (Fsp3) is 0.167. The van der Waals surface area contributed by atoms with E-state index in [1.165, 1.54) is 0 Å². The zero-order chi connectivity index (χ0) is 9.59. The summed E-state index contributed by atoms with van der Waals surface area (Å²) in [5.41, 5.74) is 1.22. The van der Waals surface area contributed by atoms with Crippen LogP contribution < -0.4 is 0 Å². The maximum Gasteiger partial charge on any atom is 0.225 e. The summed E-state index contributed by atoms with van der Waals surface area (Å²) < 4.78 is 2.23. The standard InChI is InChI=1S/C6H4Cl2N4S/c1-12-2-3(7)9-5(8)10-4(2)11-6(12)13/h1H3,(H,9,10,11,13). The minimum atomic E-state index is 0.106. The van der Waals surface area contributed by atoms with Crippen molar-refractivity contribution in [1.82, 2.24) is 19.5 Å². The van der Waals surface area contributed by atoms with E-state index < -0.39 is 0 Å². The molecule has 0 aliphatic heterocycles. The van der Waals surface area contributed by atoms with Crippen molar-refractivity contribution in [1.29, 1.82) is 0 Å². The van der Waals surface area contributed by atoms with Crippen LogP contribution in [0.1, 0.15) is 0 Å². The Labute approximate surface area is 88.5 Å². The number of aromatic nitrogens is 4. The molecule has 2 rings (SSSR count). The van der Waals surface area contributed by atoms with Crippen LogP contribution in [0.3, 0.4) is 0 Å². The lowest BCUT2D eigenvalue weighted by atomic mass is 10.5. The molecule has 2 aromatic rings. The number of fused-ring (bicyclic) bond motifs is 1. The smallest absolute Gasteiger partial charge is 0.225 e. The zero-order valence-electron chi connectivity index (χ0n) is 6.51. The molecule has 4 nitrogen and oxygen atoms in total. The van der Waals surface area contributed by atoms with Crippen molar-refractivity contribution in [3.05, 3.63) is 15.2 Å². The van der Waals surface area contributed by atoms with Crippen LogP contribution in [-0.4, -0.2) is 19.5 Å². The first-order valence-corrected chi connectivity index (χ1v) is 4.54. The Morgan fingerprint density at radius 3 is 2.77 bits per heavy atom. The summed E-state index contributed by atoms with van der Waals surface area (Å²) in [5, 5.41) is 0.402. The molecule has 0 aliphatic carbocycles. The van der Waals surface area contributed by atoms with Crippen LogP contribution in [0.5, 0.6) is 0 Å². The molecule has 68 valence electrons. The number of nitrogens with one attached hydrogen (secondary N) is 1. The van der Waals surface area contributed by atoms with E-state index in [4.69, 9.17) is 35.4 Å². The molecule has 1 N–H and O–H groups in total. The average molecular weight is 235 g/mol. The summed E-state index contributed by atoms with van der Waals surface area (Å²) in [6, 6.07) is 0. The number of aromatic amines is 1. The van der Waals surface area contributed by atoms with Crippen LogP contribution in [0, 0.1) is 4.77 Å². The van der Waals surface area contributed by atoms with Crippen molar-refractivity contribution < 1.29 is 0 Å². The van der Waals surface area contributed by atoms with Gasteiger partial charge < -0.3 is 9.55 Å². The minimum absolute atomic E-state index is 0.106. The predicted molar refractivity (Wildman–Crippen MR) is 53.7 cm³/mol. The number of imidazole rings is 1. The summed E-state index contributed by atoms with van der Waals surface area (Å²) in [6.45, 7) is 0. The third kappa shape index (κ3) is 1.33. The highest BCUT2D eigenvalue weighted by molar-refractivity contribution is 7.71. The third-order valence-corrected chi connectivity index (χ3v) is 2.49. The van der Waals surface area contributed by atoms with Gasteiger partial charge in [-0.15, -0.1) is 0 Å². The molecule has 0 aromatic carbocycles. The number of nitrogens with zero attached hydrogens (tertiary/aromatic N) is 3. The Morgan fingerprint density at radius 2 is 2.08 bits per heavy atom. The molecule has 0 fully saturated rings. The van der Waals surface area contributed by atoms with Crippen LogP contribution in [0.15, 0.2) is 0 Å². The van der Waals surface area contributed by atoms with Crippen molar-refractivity contribution in [3.63, 3.8) is 0 Å². The Morgan fingerprint density at radius 1 is 1.38 bits per heavy atom. The van der Waals surface area contributed by atoms with Gasteiger partial charge in [-0.05, 0) is 23.8 Å². The Balaban J connectivity index is 3.03. The molecule has 0 spiro atoms. The number of hydrogen-bond donors (Lipinski definition) is 1. The molecule has 0 atom stereocenters. The van der Waals surface area contributed by atoms with Crippen LogP contribution in [0.2, 0.25) is 10.4 Å². The highest BCUT2D eigenvalue weighted by Gasteiger charge is 2.09. The minimum Gasteiger partial charge on any atom is -0.316 e. The lowest BCUT2D eigenvalue weighted by Crippen LogP contribution is -1.90. The van der Waals surface area contributed by atoms with Gasteiger partial charge in [0, 0.05) is 7.05 Å². The molecule has 0 aliphatic rings. The van der Waals surface area contributed by atoms with Crippen LogP contribution in [-0.2, 0) is 7.05 Å². The Kier molecular flexibility index (Phi) is 2.02. The van der Waals surface area contributed by atoms with Gasteiger partial charge >= 0.3 is 0 Å². The number of rotatable bonds is 0. The number of H-pyrrole nitrogens is 1. The molecule has 2 aromatic heterocycles. The summed E-state index contributed by atoms with van der Waals surface area (Å²) in [4.78, 5) is 10.6. The first kappa shape index (κ1) is 8.93. The molecule has 0 saturated heterocycles. The quantitative estimate of drug-likeness (QED) is 0.433. The van der Waals surface area contributed by atoms with Gasteiger partial charge in [-0.25, -0.2) is 4.98 Å². The SMILES string of the molecule is Cn1c(=S)[nH]c2nc(Cl)nc(Cl)c21. The van der Waals surface area contributed by atoms with Gasteiger partial charge in [0.2, 0.25) is 5.28 Å². The van der Waals surface area contributed by atoms with Gasteiger partial charge in [-0.3, -0.25) is 0 Å². The van der Waals surface area contributed by atoms with Crippen molar-refractivity contribution in [2.24, 2.45) is 7.05 Å². The summed E-state index contributed by atoms with van der Waals surface area (Å²) >= 11 is 16.5. The van der Waals surface area contributed by atoms with E-state index in [9.17, 15) is 0 Å². The zero-order valence-corrected chi connectivity index (χ0v) is 8.83. The molecule has 2 heterocycles. The largest absolute Gasteiger partial charge is 0.316 e. The maximum absolute atomic E-state index is 5.86. The van der Waals surface area contributed by atoms with Gasteiger partial charge in [0.05, 0.1) is 0 Å². The van der Waals surface area contributed by atoms with Gasteiger partial charge in [0.25, 0.3) is 0 Å². The Bertz CT molecular complexity index is 529. The lowest BCUT2D eigenvalue weighted by Gasteiger charge is -1.96. The first-order valence-electron chi connectivity index (χ1n) is 3.37. The van der Waals surface area contributed by atoms with E-state index in [1.807, 2.05) is 0 Å². The fourth-order valence-electron chi connectivity index (χ4n) is 1.07. The van der Waals surface area contributed by atoms with E-state index in [0.29, 0.717) is 21.1 Å². The van der Waals surface area contributed by atoms with Gasteiger partial charge in [-0.2, -0.15) is 4.98 Å². The topological polar surface area (TPSA) is 46.5 Å². The second-order valence-electron chi connectivity index (χ2n) is 2.47. The maximum atomic E-state index is 5.86. The number of aryl methyl sites for hydroxylation is 1. The van der Waals surface area contributed by atoms with E-state index in [0.717, 1.165) is 0 Å². The van der Waals surface area contributed by atoms with Crippen molar-refractivity contribution in [2.75, 3.05) is 0 Å². The van der Waals surface area contributed by atoms with E-state index in [-0.39, 0.29) is 5.28 Å². The summed E-state index contributed by atoms with van der Waals surface area (Å²) in [7, 11) is 1.78. The summed E-state index contributed by atoms with van der Waals surface area (Å²) in [6.07, 6.45) is 0. The molecule has 0 bridgehead atoms. The van der Waals surface area contributed by atoms with Crippen molar-refractivity contribution in [2.45, 2.75) is 0 Å². The van der Waals surface area contributed by atoms with Crippen LogP contribution >= 0.6 is 35.4 Å². The molecule has 13 heavy (non-hydrogen) atoms. The molecule has 7 heteroatoms. The van der Waals surface area contributed by atoms with E-state index in [1.54, 1.807) is 11.6 Å². The number of halogens is 2. The van der Waals surface area contributed by atoms with Gasteiger partial charge in [0.1, 0.15) is 5.52 Å². The molecule has 0 amide bonds. The highest BCUT2D eigenvalue weighted by atomic mass is 35.5. The lowest BCUT2D eigenvalue weighted by molar-refractivity contribution is 0.924.